The summed E-state index contributed by atoms with van der Waals surface area (Å²) in [5.74, 6) is 1.88. The molecule has 5 heterocycles. The number of imidazole rings is 2. The largest absolute Gasteiger partial charge is 0.345 e. The van der Waals surface area contributed by atoms with Crippen molar-refractivity contribution in [2.45, 2.75) is 53.1 Å². The molecule has 0 atom stereocenters. The van der Waals surface area contributed by atoms with Gasteiger partial charge in [0.05, 0.1) is 34.2 Å². The molecule has 4 aromatic heterocycles. The predicted octanol–water partition coefficient (Wildman–Crippen LogP) is 3.26. The van der Waals surface area contributed by atoms with Gasteiger partial charge in [-0.15, -0.1) is 0 Å². The maximum absolute atomic E-state index is 4.83. The Labute approximate surface area is 187 Å². The summed E-state index contributed by atoms with van der Waals surface area (Å²) in [5, 5.41) is 0. The number of aromatic amines is 2. The second kappa shape index (κ2) is 9.02. The molecule has 0 radical (unpaired) electrons. The van der Waals surface area contributed by atoms with Crippen LogP contribution in [0.15, 0.2) is 48.8 Å². The van der Waals surface area contributed by atoms with Crippen LogP contribution in [0.25, 0.3) is 0 Å². The highest BCUT2D eigenvalue weighted by Crippen LogP contribution is 2.22. The third-order valence-corrected chi connectivity index (χ3v) is 5.70. The van der Waals surface area contributed by atoms with Gasteiger partial charge in [-0.25, -0.2) is 9.97 Å². The number of aryl methyl sites for hydroxylation is 2. The van der Waals surface area contributed by atoms with Crippen LogP contribution >= 0.6 is 0 Å². The van der Waals surface area contributed by atoms with Crippen LogP contribution in [0, 0.1) is 13.8 Å². The molecule has 0 spiro atoms. The third kappa shape index (κ3) is 4.76. The van der Waals surface area contributed by atoms with Crippen LogP contribution in [0.3, 0.4) is 0 Å². The van der Waals surface area contributed by atoms with Crippen molar-refractivity contribution in [2.24, 2.45) is 0 Å². The van der Waals surface area contributed by atoms with Crippen molar-refractivity contribution < 1.29 is 0 Å². The van der Waals surface area contributed by atoms with E-state index in [1.54, 1.807) is 0 Å². The summed E-state index contributed by atoms with van der Waals surface area (Å²) in [4.78, 5) is 30.5. The van der Waals surface area contributed by atoms with Gasteiger partial charge in [0.25, 0.3) is 0 Å². The zero-order chi connectivity index (χ0) is 21.9. The van der Waals surface area contributed by atoms with Crippen LogP contribution in [0.2, 0.25) is 0 Å². The Morgan fingerprint density at radius 3 is 1.59 bits per heavy atom. The van der Waals surface area contributed by atoms with Crippen LogP contribution in [0.4, 0.5) is 0 Å². The first-order valence-electron chi connectivity index (χ1n) is 11.0. The van der Waals surface area contributed by atoms with Crippen LogP contribution in [-0.4, -0.2) is 39.7 Å². The minimum Gasteiger partial charge on any atom is -0.345 e. The molecule has 0 unspecified atom stereocenters. The molecular formula is C24H28N8. The van der Waals surface area contributed by atoms with Gasteiger partial charge in [-0.05, 0) is 38.1 Å². The van der Waals surface area contributed by atoms with Gasteiger partial charge in [0.15, 0.2) is 0 Å². The first-order valence-corrected chi connectivity index (χ1v) is 11.0. The fourth-order valence-electron chi connectivity index (χ4n) is 4.35. The van der Waals surface area contributed by atoms with Crippen LogP contribution in [-0.2, 0) is 39.3 Å². The summed E-state index contributed by atoms with van der Waals surface area (Å²) < 4.78 is 0. The zero-order valence-corrected chi connectivity index (χ0v) is 18.5. The van der Waals surface area contributed by atoms with E-state index in [0.717, 1.165) is 85.1 Å². The first kappa shape index (κ1) is 20.5. The minimum absolute atomic E-state index is 0.735. The van der Waals surface area contributed by atoms with E-state index >= 15 is 0 Å². The van der Waals surface area contributed by atoms with E-state index in [4.69, 9.17) is 9.97 Å². The molecule has 0 saturated heterocycles. The molecule has 0 aromatic carbocycles. The Balaban J connectivity index is 1.49. The van der Waals surface area contributed by atoms with Crippen molar-refractivity contribution in [3.8, 4) is 0 Å². The average molecular weight is 429 g/mol. The molecule has 8 nitrogen and oxygen atoms in total. The SMILES string of the molecule is Cc1nc2c([nH]1)CN(Cc1ccccn1)Cc1[nH]c(C)nc1CN(Cc1ccccn1)C2. The number of pyridine rings is 2. The number of aromatic nitrogens is 6. The predicted molar refractivity (Wildman–Crippen MR) is 121 cm³/mol. The maximum atomic E-state index is 4.83. The van der Waals surface area contributed by atoms with E-state index in [2.05, 4.69) is 41.9 Å². The molecule has 1 aliphatic rings. The molecule has 32 heavy (non-hydrogen) atoms. The second-order valence-electron chi connectivity index (χ2n) is 8.43. The van der Waals surface area contributed by atoms with Crippen molar-refractivity contribution in [3.63, 3.8) is 0 Å². The lowest BCUT2D eigenvalue weighted by atomic mass is 10.2. The fraction of sp³-hybridized carbons (Fsp3) is 0.333. The molecule has 164 valence electrons. The van der Waals surface area contributed by atoms with Crippen molar-refractivity contribution in [3.05, 3.63) is 94.6 Å². The summed E-state index contributed by atoms with van der Waals surface area (Å²) in [5.41, 5.74) is 6.58. The first-order chi connectivity index (χ1) is 15.6. The van der Waals surface area contributed by atoms with E-state index in [-0.39, 0.29) is 0 Å². The summed E-state index contributed by atoms with van der Waals surface area (Å²) in [6.07, 6.45) is 3.70. The van der Waals surface area contributed by atoms with Gasteiger partial charge in [-0.3, -0.25) is 19.8 Å². The Morgan fingerprint density at radius 2 is 1.16 bits per heavy atom. The van der Waals surface area contributed by atoms with E-state index in [0.29, 0.717) is 0 Å². The lowest BCUT2D eigenvalue weighted by molar-refractivity contribution is 0.211. The fourth-order valence-corrected chi connectivity index (χ4v) is 4.35. The van der Waals surface area contributed by atoms with Crippen molar-refractivity contribution in [2.75, 3.05) is 0 Å². The Morgan fingerprint density at radius 1 is 0.688 bits per heavy atom. The summed E-state index contributed by atoms with van der Waals surface area (Å²) in [6, 6.07) is 12.1. The number of fused-ring (bicyclic) bond motifs is 2. The number of hydrogen-bond donors (Lipinski definition) is 2. The number of hydrogen-bond acceptors (Lipinski definition) is 6. The lowest BCUT2D eigenvalue weighted by Crippen LogP contribution is -2.29. The van der Waals surface area contributed by atoms with E-state index in [1.165, 1.54) is 0 Å². The summed E-state index contributed by atoms with van der Waals surface area (Å²) >= 11 is 0. The van der Waals surface area contributed by atoms with E-state index in [1.807, 2.05) is 50.5 Å². The maximum Gasteiger partial charge on any atom is 0.103 e. The number of nitrogens with one attached hydrogen (secondary N) is 2. The standard InChI is InChI=1S/C24H28N8/c1-17-27-21-13-31(11-19-7-3-5-9-25-19)15-23-24(30-18(2)29-23)16-32(14-22(21)28-17)12-20-8-4-6-10-26-20/h3-10H,11-16H2,1-2H3,(H,27,28)(H,29,30). The van der Waals surface area contributed by atoms with E-state index in [9.17, 15) is 0 Å². The quantitative estimate of drug-likeness (QED) is 0.519. The highest BCUT2D eigenvalue weighted by Gasteiger charge is 2.23. The Kier molecular flexibility index (Phi) is 5.79. The molecule has 4 aromatic rings. The molecule has 0 saturated carbocycles. The van der Waals surface area contributed by atoms with Crippen molar-refractivity contribution in [1.29, 1.82) is 0 Å². The molecule has 1 aliphatic heterocycles. The van der Waals surface area contributed by atoms with Crippen molar-refractivity contribution in [1.82, 2.24) is 39.7 Å². The third-order valence-electron chi connectivity index (χ3n) is 5.70. The molecular weight excluding hydrogens is 400 g/mol. The zero-order valence-electron chi connectivity index (χ0n) is 18.5. The van der Waals surface area contributed by atoms with Crippen LogP contribution in [0.1, 0.15) is 45.8 Å². The van der Waals surface area contributed by atoms with Gasteiger partial charge >= 0.3 is 0 Å². The van der Waals surface area contributed by atoms with Gasteiger partial charge in [-0.2, -0.15) is 0 Å². The average Bonchev–Trinajstić information content (AvgIpc) is 3.30. The van der Waals surface area contributed by atoms with Gasteiger partial charge < -0.3 is 9.97 Å². The molecule has 0 bridgehead atoms. The van der Waals surface area contributed by atoms with Crippen LogP contribution in [0.5, 0.6) is 0 Å². The Bertz CT molecular complexity index is 1020. The minimum atomic E-state index is 0.735. The van der Waals surface area contributed by atoms with Crippen LogP contribution < -0.4 is 0 Å². The topological polar surface area (TPSA) is 89.6 Å². The van der Waals surface area contributed by atoms with E-state index < -0.39 is 0 Å². The summed E-state index contributed by atoms with van der Waals surface area (Å²) in [6.45, 7) is 8.54. The molecule has 8 heteroatoms. The Hall–Kier alpha value is -3.36. The second-order valence-corrected chi connectivity index (χ2v) is 8.43. The van der Waals surface area contributed by atoms with Gasteiger partial charge in [-0.1, -0.05) is 12.1 Å². The highest BCUT2D eigenvalue weighted by atomic mass is 15.2. The molecule has 0 fully saturated rings. The normalized spacial score (nSPS) is 15.3. The smallest absolute Gasteiger partial charge is 0.103 e. The number of H-pyrrole nitrogens is 2. The molecule has 0 aliphatic carbocycles. The number of nitrogens with zero attached hydrogens (tertiary/aromatic N) is 6. The monoisotopic (exact) mass is 428 g/mol. The van der Waals surface area contributed by atoms with Gasteiger partial charge in [0.1, 0.15) is 11.6 Å². The molecule has 5 rings (SSSR count). The lowest BCUT2D eigenvalue weighted by Gasteiger charge is -2.26. The van der Waals surface area contributed by atoms with Gasteiger partial charge in [0.2, 0.25) is 0 Å². The molecule has 2 N–H and O–H groups in total. The number of rotatable bonds is 4. The summed E-state index contributed by atoms with van der Waals surface area (Å²) in [7, 11) is 0. The van der Waals surface area contributed by atoms with Gasteiger partial charge in [0, 0.05) is 51.7 Å². The molecule has 0 amide bonds. The van der Waals surface area contributed by atoms with Crippen molar-refractivity contribution >= 4 is 0 Å². The highest BCUT2D eigenvalue weighted by molar-refractivity contribution is 5.20.